The summed E-state index contributed by atoms with van der Waals surface area (Å²) in [5, 5.41) is 9.44. The van der Waals surface area contributed by atoms with Crippen LogP contribution in [0.4, 0.5) is 0 Å². The van der Waals surface area contributed by atoms with Crippen molar-refractivity contribution in [2.75, 3.05) is 24.6 Å². The van der Waals surface area contributed by atoms with Gasteiger partial charge in [0.05, 0.1) is 0 Å². The van der Waals surface area contributed by atoms with Crippen LogP contribution in [0, 0.1) is 0 Å². The zero-order chi connectivity index (χ0) is 10.9. The summed E-state index contributed by atoms with van der Waals surface area (Å²) in [6.45, 7) is 1.59. The van der Waals surface area contributed by atoms with E-state index in [9.17, 15) is 9.90 Å². The Bertz CT molecular complexity index is 254. The number of hydrogen-bond acceptors (Lipinski definition) is 4. The highest BCUT2D eigenvalue weighted by molar-refractivity contribution is 7.99. The fourth-order valence-corrected chi connectivity index (χ4v) is 3.72. The van der Waals surface area contributed by atoms with Crippen molar-refractivity contribution in [3.8, 4) is 0 Å². The van der Waals surface area contributed by atoms with Crippen LogP contribution >= 0.6 is 11.8 Å². The van der Waals surface area contributed by atoms with E-state index in [1.807, 2.05) is 11.8 Å². The molecule has 2 saturated heterocycles. The third kappa shape index (κ3) is 2.00. The van der Waals surface area contributed by atoms with Gasteiger partial charge in [0.25, 0.3) is 0 Å². The molecule has 0 amide bonds. The smallest absolute Gasteiger partial charge is 0.324 e. The molecule has 1 unspecified atom stereocenters. The first-order valence-corrected chi connectivity index (χ1v) is 6.62. The molecule has 0 aromatic carbocycles. The zero-order valence-corrected chi connectivity index (χ0v) is 9.63. The monoisotopic (exact) mass is 230 g/mol. The minimum absolute atomic E-state index is 0.163. The largest absolute Gasteiger partial charge is 0.480 e. The van der Waals surface area contributed by atoms with E-state index >= 15 is 0 Å². The summed E-state index contributed by atoms with van der Waals surface area (Å²) < 4.78 is 0. The lowest BCUT2D eigenvalue weighted by atomic mass is 9.90. The first-order chi connectivity index (χ1) is 7.15. The van der Waals surface area contributed by atoms with E-state index in [4.69, 9.17) is 5.73 Å². The summed E-state index contributed by atoms with van der Waals surface area (Å²) in [7, 11) is 0. The molecule has 2 aliphatic heterocycles. The van der Waals surface area contributed by atoms with Crippen LogP contribution in [0.1, 0.15) is 19.3 Å². The molecular formula is C10H18N2O2S. The van der Waals surface area contributed by atoms with E-state index in [0.29, 0.717) is 0 Å². The molecular weight excluding hydrogens is 212 g/mol. The van der Waals surface area contributed by atoms with Gasteiger partial charge in [0.2, 0.25) is 0 Å². The third-order valence-corrected chi connectivity index (χ3v) is 4.53. The molecule has 15 heavy (non-hydrogen) atoms. The molecule has 2 heterocycles. The van der Waals surface area contributed by atoms with Crippen molar-refractivity contribution in [1.29, 1.82) is 0 Å². The number of carboxylic acid groups (broad SMARTS) is 1. The maximum atomic E-state index is 11.5. The second-order valence-electron chi connectivity index (χ2n) is 4.44. The molecule has 2 rings (SSSR count). The highest BCUT2D eigenvalue weighted by Crippen LogP contribution is 2.34. The molecule has 0 aromatic rings. The summed E-state index contributed by atoms with van der Waals surface area (Å²) in [6.07, 6.45) is 2.46. The molecule has 0 spiro atoms. The number of carboxylic acids is 1. The molecule has 5 heteroatoms. The maximum absolute atomic E-state index is 11.5. The lowest BCUT2D eigenvalue weighted by molar-refractivity contribution is -0.151. The Balaban J connectivity index is 2.14. The van der Waals surface area contributed by atoms with Gasteiger partial charge < -0.3 is 10.8 Å². The molecule has 4 nitrogen and oxygen atoms in total. The number of aliphatic carboxylic acids is 1. The molecule has 0 bridgehead atoms. The molecule has 1 atom stereocenters. The van der Waals surface area contributed by atoms with E-state index in [2.05, 4.69) is 4.90 Å². The van der Waals surface area contributed by atoms with Crippen LogP contribution in [0.15, 0.2) is 0 Å². The van der Waals surface area contributed by atoms with Crippen LogP contribution in [0.2, 0.25) is 0 Å². The highest BCUT2D eigenvalue weighted by Gasteiger charge is 2.46. The number of carbonyl (C=O) groups is 1. The van der Waals surface area contributed by atoms with Gasteiger partial charge in [0.1, 0.15) is 5.54 Å². The van der Waals surface area contributed by atoms with Crippen molar-refractivity contribution in [3.63, 3.8) is 0 Å². The van der Waals surface area contributed by atoms with Gasteiger partial charge >= 0.3 is 5.97 Å². The number of hydrogen-bond donors (Lipinski definition) is 2. The normalized spacial score (nSPS) is 31.7. The van der Waals surface area contributed by atoms with E-state index in [1.54, 1.807) is 0 Å². The summed E-state index contributed by atoms with van der Waals surface area (Å²) in [5.74, 6) is 1.26. The molecule has 0 aliphatic carbocycles. The first-order valence-electron chi connectivity index (χ1n) is 5.47. The fraction of sp³-hybridized carbons (Fsp3) is 0.900. The van der Waals surface area contributed by atoms with Crippen molar-refractivity contribution < 1.29 is 9.90 Å². The van der Waals surface area contributed by atoms with Crippen molar-refractivity contribution in [1.82, 2.24) is 4.90 Å². The quantitative estimate of drug-likeness (QED) is 0.717. The summed E-state index contributed by atoms with van der Waals surface area (Å²) in [5.41, 5.74) is 5.24. The predicted molar refractivity (Wildman–Crippen MR) is 61.1 cm³/mol. The van der Waals surface area contributed by atoms with E-state index < -0.39 is 11.5 Å². The van der Waals surface area contributed by atoms with Gasteiger partial charge in [0, 0.05) is 19.1 Å². The van der Waals surface area contributed by atoms with Crippen LogP contribution in [-0.2, 0) is 4.79 Å². The molecule has 86 valence electrons. The van der Waals surface area contributed by atoms with Gasteiger partial charge in [-0.1, -0.05) is 0 Å². The molecule has 0 radical (unpaired) electrons. The Morgan fingerprint density at radius 3 is 2.60 bits per heavy atom. The SMILES string of the molecule is NC1CCN(C2(C(=O)O)CCSCC2)C1. The molecule has 0 aromatic heterocycles. The van der Waals surface area contributed by atoms with E-state index in [1.165, 1.54) is 0 Å². The Hall–Kier alpha value is -0.260. The van der Waals surface area contributed by atoms with Crippen LogP contribution in [-0.4, -0.2) is 52.2 Å². The van der Waals surface area contributed by atoms with Crippen molar-refractivity contribution >= 4 is 17.7 Å². The van der Waals surface area contributed by atoms with Crippen LogP contribution < -0.4 is 5.73 Å². The summed E-state index contributed by atoms with van der Waals surface area (Å²) in [4.78, 5) is 13.6. The average Bonchev–Trinajstić information content (AvgIpc) is 2.66. The van der Waals surface area contributed by atoms with Gasteiger partial charge in [0.15, 0.2) is 0 Å². The number of thioether (sulfide) groups is 1. The maximum Gasteiger partial charge on any atom is 0.324 e. The van der Waals surface area contributed by atoms with Crippen molar-refractivity contribution in [2.45, 2.75) is 30.8 Å². The molecule has 0 saturated carbocycles. The van der Waals surface area contributed by atoms with Crippen molar-refractivity contribution in [3.05, 3.63) is 0 Å². The second kappa shape index (κ2) is 4.31. The summed E-state index contributed by atoms with van der Waals surface area (Å²) in [6, 6.07) is 0.163. The van der Waals surface area contributed by atoms with Crippen LogP contribution in [0.3, 0.4) is 0 Å². The van der Waals surface area contributed by atoms with Gasteiger partial charge in [-0.3, -0.25) is 9.69 Å². The molecule has 2 aliphatic rings. The van der Waals surface area contributed by atoms with E-state index in [0.717, 1.165) is 43.9 Å². The number of nitrogens with zero attached hydrogens (tertiary/aromatic N) is 1. The Morgan fingerprint density at radius 1 is 1.47 bits per heavy atom. The Kier molecular flexibility index (Phi) is 3.23. The lowest BCUT2D eigenvalue weighted by Gasteiger charge is -2.40. The average molecular weight is 230 g/mol. The lowest BCUT2D eigenvalue weighted by Crippen LogP contribution is -2.56. The third-order valence-electron chi connectivity index (χ3n) is 3.55. The number of rotatable bonds is 2. The van der Waals surface area contributed by atoms with Crippen molar-refractivity contribution in [2.24, 2.45) is 5.73 Å². The second-order valence-corrected chi connectivity index (χ2v) is 5.67. The number of nitrogens with two attached hydrogens (primary N) is 1. The minimum atomic E-state index is -0.656. The standard InChI is InChI=1S/C10H18N2O2S/c11-8-1-4-12(7-8)10(9(13)14)2-5-15-6-3-10/h8H,1-7,11H2,(H,13,14). The first kappa shape index (κ1) is 11.2. The van der Waals surface area contributed by atoms with E-state index in [-0.39, 0.29) is 6.04 Å². The molecule has 3 N–H and O–H groups in total. The number of likely N-dealkylation sites (tertiary alicyclic amines) is 1. The zero-order valence-electron chi connectivity index (χ0n) is 8.82. The minimum Gasteiger partial charge on any atom is -0.480 e. The van der Waals surface area contributed by atoms with Gasteiger partial charge in [-0.25, -0.2) is 0 Å². The van der Waals surface area contributed by atoms with Gasteiger partial charge in [-0.05, 0) is 30.8 Å². The molecule has 2 fully saturated rings. The van der Waals surface area contributed by atoms with Crippen LogP contribution in [0.5, 0.6) is 0 Å². The highest BCUT2D eigenvalue weighted by atomic mass is 32.2. The predicted octanol–water partition coefficient (Wildman–Crippen LogP) is 0.370. The van der Waals surface area contributed by atoms with Crippen LogP contribution in [0.25, 0.3) is 0 Å². The Labute approximate surface area is 94.2 Å². The van der Waals surface area contributed by atoms with Gasteiger partial charge in [-0.2, -0.15) is 11.8 Å². The topological polar surface area (TPSA) is 66.6 Å². The summed E-state index contributed by atoms with van der Waals surface area (Å²) >= 11 is 1.85. The Morgan fingerprint density at radius 2 is 2.13 bits per heavy atom. The fourth-order valence-electron chi connectivity index (χ4n) is 2.55. The van der Waals surface area contributed by atoms with Gasteiger partial charge in [-0.15, -0.1) is 0 Å².